The molecule has 0 aliphatic rings. The highest BCUT2D eigenvalue weighted by atomic mass is 13.9. The van der Waals surface area contributed by atoms with Gasteiger partial charge in [0, 0.05) is 0 Å². The normalized spacial score (nSPS) is 11.8. The molecule has 0 saturated carbocycles. The van der Waals surface area contributed by atoms with Crippen LogP contribution in [0, 0.1) is 0 Å². The van der Waals surface area contributed by atoms with E-state index in [0.29, 0.717) is 0 Å². The summed E-state index contributed by atoms with van der Waals surface area (Å²) in [6.07, 6.45) is 12.1. The van der Waals surface area contributed by atoms with Crippen LogP contribution in [-0.2, 0) is 0 Å². The molecule has 0 heteroatoms. The van der Waals surface area contributed by atoms with Gasteiger partial charge < -0.3 is 0 Å². The van der Waals surface area contributed by atoms with E-state index in [9.17, 15) is 0 Å². The molecule has 0 aromatic carbocycles. The Balaban J connectivity index is 0. The van der Waals surface area contributed by atoms with Crippen molar-refractivity contribution < 1.29 is 0 Å². The molecular formula is C16H28. The van der Waals surface area contributed by atoms with Gasteiger partial charge in [-0.25, -0.2) is 0 Å². The average Bonchev–Trinajstić information content (AvgIpc) is 2.17. The minimum absolute atomic E-state index is 0. The van der Waals surface area contributed by atoms with Gasteiger partial charge in [-0.2, -0.15) is 0 Å². The molecule has 0 spiro atoms. The maximum atomic E-state index is 3.73. The van der Waals surface area contributed by atoms with E-state index >= 15 is 0 Å². The molecule has 0 aliphatic heterocycles. The van der Waals surface area contributed by atoms with Crippen molar-refractivity contribution in [2.45, 2.75) is 54.4 Å². The van der Waals surface area contributed by atoms with Gasteiger partial charge >= 0.3 is 0 Å². The maximum Gasteiger partial charge on any atom is -0.0161 e. The minimum atomic E-state index is 0. The van der Waals surface area contributed by atoms with Gasteiger partial charge in [0.15, 0.2) is 0 Å². The Morgan fingerprint density at radius 1 is 1.00 bits per heavy atom. The van der Waals surface area contributed by atoms with Gasteiger partial charge in [0.2, 0.25) is 0 Å². The van der Waals surface area contributed by atoms with Gasteiger partial charge in [-0.3, -0.25) is 0 Å². The fourth-order valence-electron chi connectivity index (χ4n) is 1.22. The van der Waals surface area contributed by atoms with E-state index in [1.54, 1.807) is 0 Å². The first kappa shape index (κ1) is 17.4. The molecule has 0 radical (unpaired) electrons. The summed E-state index contributed by atoms with van der Waals surface area (Å²) in [5.74, 6) is 0. The molecule has 0 rings (SSSR count). The van der Waals surface area contributed by atoms with Gasteiger partial charge in [-0.1, -0.05) is 55.0 Å². The monoisotopic (exact) mass is 220 g/mol. The summed E-state index contributed by atoms with van der Waals surface area (Å²) in [4.78, 5) is 0. The number of allylic oxidation sites excluding steroid dienone is 7. The lowest BCUT2D eigenvalue weighted by Gasteiger charge is -1.98. The fourth-order valence-corrected chi connectivity index (χ4v) is 1.22. The molecule has 0 amide bonds. The second kappa shape index (κ2) is 10.5. The van der Waals surface area contributed by atoms with E-state index in [1.165, 1.54) is 23.1 Å². The van der Waals surface area contributed by atoms with Crippen LogP contribution in [0.2, 0.25) is 0 Å². The zero-order valence-corrected chi connectivity index (χ0v) is 10.6. The average molecular weight is 220 g/mol. The molecule has 0 aliphatic carbocycles. The first-order valence-electron chi connectivity index (χ1n) is 5.64. The van der Waals surface area contributed by atoms with Crippen LogP contribution in [0.1, 0.15) is 54.4 Å². The Hall–Kier alpha value is -1.04. The van der Waals surface area contributed by atoms with Crippen LogP contribution in [0.5, 0.6) is 0 Å². The molecule has 0 nitrogen and oxygen atoms in total. The van der Waals surface area contributed by atoms with Gasteiger partial charge in [-0.15, -0.1) is 0 Å². The molecule has 0 fully saturated rings. The summed E-state index contributed by atoms with van der Waals surface area (Å²) < 4.78 is 0. The molecule has 0 bridgehead atoms. The lowest BCUT2D eigenvalue weighted by atomic mass is 10.1. The number of rotatable bonds is 6. The maximum absolute atomic E-state index is 3.73. The predicted octanol–water partition coefficient (Wildman–Crippen LogP) is 5.84. The highest BCUT2D eigenvalue weighted by Gasteiger charge is 1.88. The molecule has 0 aromatic heterocycles. The Kier molecular flexibility index (Phi) is 11.4. The van der Waals surface area contributed by atoms with E-state index in [0.717, 1.165) is 12.8 Å². The zero-order valence-electron chi connectivity index (χ0n) is 10.6. The van der Waals surface area contributed by atoms with Crippen molar-refractivity contribution in [3.05, 3.63) is 47.6 Å². The molecule has 92 valence electrons. The molecule has 16 heavy (non-hydrogen) atoms. The van der Waals surface area contributed by atoms with Crippen molar-refractivity contribution in [2.75, 3.05) is 0 Å². The minimum Gasteiger partial charge on any atom is -0.0988 e. The van der Waals surface area contributed by atoms with E-state index in [-0.39, 0.29) is 7.43 Å². The molecule has 0 unspecified atom stereocenters. The van der Waals surface area contributed by atoms with Crippen molar-refractivity contribution in [2.24, 2.45) is 0 Å². The summed E-state index contributed by atoms with van der Waals surface area (Å²) in [7, 11) is 0. The summed E-state index contributed by atoms with van der Waals surface area (Å²) in [5.41, 5.74) is 4.13. The van der Waals surface area contributed by atoms with E-state index in [2.05, 4.69) is 52.5 Å². The Morgan fingerprint density at radius 3 is 2.12 bits per heavy atom. The van der Waals surface area contributed by atoms with Gasteiger partial charge in [0.1, 0.15) is 0 Å². The lowest BCUT2D eigenvalue weighted by molar-refractivity contribution is 0.958. The number of hydrogen-bond acceptors (Lipinski definition) is 0. The second-order valence-electron chi connectivity index (χ2n) is 4.26. The summed E-state index contributed by atoms with van der Waals surface area (Å²) >= 11 is 0. The van der Waals surface area contributed by atoms with Gasteiger partial charge in [0.05, 0.1) is 0 Å². The summed E-state index contributed by atoms with van der Waals surface area (Å²) in [6.45, 7) is 12.3. The van der Waals surface area contributed by atoms with Crippen LogP contribution in [0.4, 0.5) is 0 Å². The highest BCUT2D eigenvalue weighted by Crippen LogP contribution is 2.08. The fraction of sp³-hybridized carbons (Fsp3) is 0.500. The Labute approximate surface area is 102 Å². The molecule has 0 N–H and O–H groups in total. The molecule has 0 aromatic rings. The zero-order chi connectivity index (χ0) is 11.7. The van der Waals surface area contributed by atoms with Crippen LogP contribution in [0.25, 0.3) is 0 Å². The van der Waals surface area contributed by atoms with E-state index in [4.69, 9.17) is 0 Å². The molecule has 0 atom stereocenters. The molecule has 0 heterocycles. The third-order valence-electron chi connectivity index (χ3n) is 2.32. The van der Waals surface area contributed by atoms with E-state index < -0.39 is 0 Å². The first-order chi connectivity index (χ1) is 7.06. The quantitative estimate of drug-likeness (QED) is 0.390. The first-order valence-corrected chi connectivity index (χ1v) is 5.64. The summed E-state index contributed by atoms with van der Waals surface area (Å²) in [5, 5.41) is 0. The van der Waals surface area contributed by atoms with Crippen molar-refractivity contribution in [1.82, 2.24) is 0 Å². The van der Waals surface area contributed by atoms with Crippen LogP contribution < -0.4 is 0 Å². The smallest absolute Gasteiger partial charge is 0.0161 e. The number of hydrogen-bond donors (Lipinski definition) is 0. The van der Waals surface area contributed by atoms with Crippen molar-refractivity contribution >= 4 is 0 Å². The second-order valence-corrected chi connectivity index (χ2v) is 4.26. The van der Waals surface area contributed by atoms with Gasteiger partial charge in [-0.05, 0) is 47.0 Å². The highest BCUT2D eigenvalue weighted by molar-refractivity contribution is 5.15. The van der Waals surface area contributed by atoms with Crippen molar-refractivity contribution in [3.63, 3.8) is 0 Å². The third-order valence-corrected chi connectivity index (χ3v) is 2.32. The third kappa shape index (κ3) is 11.0. The van der Waals surface area contributed by atoms with Crippen LogP contribution in [0.15, 0.2) is 47.6 Å². The summed E-state index contributed by atoms with van der Waals surface area (Å²) in [6, 6.07) is 0. The van der Waals surface area contributed by atoms with Crippen molar-refractivity contribution in [3.8, 4) is 0 Å². The van der Waals surface area contributed by atoms with Crippen molar-refractivity contribution in [1.29, 1.82) is 0 Å². The Morgan fingerprint density at radius 2 is 1.62 bits per heavy atom. The Bertz CT molecular complexity index is 270. The predicted molar refractivity (Wildman–Crippen MR) is 77.7 cm³/mol. The standard InChI is InChI=1S/C15H24.CH4/c1-6-14(4)10-8-12-15(5)11-7-9-13(2)3;/h6,9-10,12H,1,7-8,11H2,2-5H3;1H4/b14-10+,15-12+;. The topological polar surface area (TPSA) is 0 Å². The molecule has 0 saturated heterocycles. The van der Waals surface area contributed by atoms with Crippen LogP contribution in [-0.4, -0.2) is 0 Å². The largest absolute Gasteiger partial charge is 0.0988 e. The van der Waals surface area contributed by atoms with Gasteiger partial charge in [0.25, 0.3) is 0 Å². The lowest BCUT2D eigenvalue weighted by Crippen LogP contribution is -1.77. The van der Waals surface area contributed by atoms with Crippen LogP contribution in [0.3, 0.4) is 0 Å². The van der Waals surface area contributed by atoms with E-state index in [1.807, 2.05) is 6.08 Å². The molecular weight excluding hydrogens is 192 g/mol. The SMILES string of the molecule is C.C=C/C(C)=C/C/C=C(\C)CCC=C(C)C. The van der Waals surface area contributed by atoms with Crippen LogP contribution >= 0.6 is 0 Å².